The van der Waals surface area contributed by atoms with Crippen LogP contribution in [0.3, 0.4) is 0 Å². The molecule has 0 spiro atoms. The summed E-state index contributed by atoms with van der Waals surface area (Å²) in [6.07, 6.45) is 0.583. The van der Waals surface area contributed by atoms with Crippen molar-refractivity contribution >= 4 is 29.3 Å². The number of benzene rings is 1. The minimum absolute atomic E-state index is 0.00392. The van der Waals surface area contributed by atoms with E-state index in [1.165, 1.54) is 24.3 Å². The Morgan fingerprint density at radius 1 is 1.32 bits per heavy atom. The van der Waals surface area contributed by atoms with Crippen LogP contribution < -0.4 is 16.0 Å². The van der Waals surface area contributed by atoms with E-state index >= 15 is 8.78 Å². The first-order valence-corrected chi connectivity index (χ1v) is 11.3. The van der Waals surface area contributed by atoms with Crippen molar-refractivity contribution in [2.45, 2.75) is 63.6 Å². The summed E-state index contributed by atoms with van der Waals surface area (Å²) >= 11 is 5.95. The molecule has 8 nitrogen and oxygen atoms in total. The maximum absolute atomic E-state index is 15.1. The van der Waals surface area contributed by atoms with Crippen molar-refractivity contribution in [1.82, 2.24) is 16.0 Å². The molecule has 2 rings (SSSR count). The van der Waals surface area contributed by atoms with E-state index in [2.05, 4.69) is 10.6 Å². The van der Waals surface area contributed by atoms with Gasteiger partial charge in [-0.2, -0.15) is 14.0 Å². The van der Waals surface area contributed by atoms with Crippen LogP contribution in [-0.2, 0) is 20.0 Å². The largest absolute Gasteiger partial charge is 0.378 e. The SMILES string of the molecule is CC(C)C[C@H](NC(=O)C(F)(F)C(C)(O)c1ccccc1Cl)C(=O)N[C@H](C#N)C[C@@H]1CCNC1=O. The van der Waals surface area contributed by atoms with Crippen LogP contribution in [0.15, 0.2) is 24.3 Å². The first-order valence-electron chi connectivity index (χ1n) is 10.9. The lowest BCUT2D eigenvalue weighted by atomic mass is 9.88. The number of nitrogens with one attached hydrogen (secondary N) is 3. The van der Waals surface area contributed by atoms with Crippen molar-refractivity contribution in [3.05, 3.63) is 34.9 Å². The quantitative estimate of drug-likeness (QED) is 0.393. The van der Waals surface area contributed by atoms with Gasteiger partial charge in [0, 0.05) is 23.0 Å². The second kappa shape index (κ2) is 11.1. The Morgan fingerprint density at radius 3 is 2.50 bits per heavy atom. The molecule has 186 valence electrons. The lowest BCUT2D eigenvalue weighted by molar-refractivity contribution is -0.192. The maximum Gasteiger partial charge on any atom is 0.356 e. The summed E-state index contributed by atoms with van der Waals surface area (Å²) in [5.74, 6) is -7.87. The van der Waals surface area contributed by atoms with Crippen LogP contribution in [0.5, 0.6) is 0 Å². The smallest absolute Gasteiger partial charge is 0.356 e. The number of halogens is 3. The van der Waals surface area contributed by atoms with Gasteiger partial charge >= 0.3 is 5.92 Å². The summed E-state index contributed by atoms with van der Waals surface area (Å²) in [6, 6.07) is 4.83. The van der Waals surface area contributed by atoms with Gasteiger partial charge in [0.25, 0.3) is 5.91 Å². The number of hydrogen-bond donors (Lipinski definition) is 4. The molecule has 1 unspecified atom stereocenters. The zero-order valence-corrected chi connectivity index (χ0v) is 20.0. The molecular weight excluding hydrogens is 470 g/mol. The Morgan fingerprint density at radius 2 is 1.97 bits per heavy atom. The van der Waals surface area contributed by atoms with Gasteiger partial charge in [-0.3, -0.25) is 14.4 Å². The molecule has 0 saturated carbocycles. The van der Waals surface area contributed by atoms with Gasteiger partial charge in [-0.05, 0) is 38.2 Å². The van der Waals surface area contributed by atoms with Crippen molar-refractivity contribution in [2.75, 3.05) is 6.54 Å². The Kier molecular flexibility index (Phi) is 8.97. The van der Waals surface area contributed by atoms with E-state index in [4.69, 9.17) is 11.6 Å². The molecule has 11 heteroatoms. The van der Waals surface area contributed by atoms with Gasteiger partial charge in [-0.1, -0.05) is 43.6 Å². The molecule has 1 aliphatic rings. The van der Waals surface area contributed by atoms with E-state index in [1.54, 1.807) is 13.8 Å². The van der Waals surface area contributed by atoms with Crippen molar-refractivity contribution in [3.63, 3.8) is 0 Å². The molecular formula is C23H29ClF2N4O4. The summed E-state index contributed by atoms with van der Waals surface area (Å²) in [5, 5.41) is 26.9. The standard InChI is InChI=1S/C23H29ClF2N4O4/c1-13(2)10-18(20(32)29-15(12-27)11-14-8-9-28-19(14)31)30-21(33)23(25,26)22(3,34)16-6-4-5-7-17(16)24/h4-7,13-15,18,34H,8-11H2,1-3H3,(H,28,31)(H,29,32)(H,30,33)/t14-,15-,18-,22?/m0/s1. The lowest BCUT2D eigenvalue weighted by Gasteiger charge is -2.33. The summed E-state index contributed by atoms with van der Waals surface area (Å²) in [4.78, 5) is 37.2. The number of aliphatic hydroxyl groups is 1. The molecule has 1 heterocycles. The molecule has 0 aliphatic carbocycles. The normalized spacial score (nSPS) is 19.5. The van der Waals surface area contributed by atoms with Gasteiger partial charge in [0.05, 0.1) is 6.07 Å². The van der Waals surface area contributed by atoms with Gasteiger partial charge in [0.15, 0.2) is 5.60 Å². The molecule has 1 aliphatic heterocycles. The highest BCUT2D eigenvalue weighted by Crippen LogP contribution is 2.40. The van der Waals surface area contributed by atoms with Crippen molar-refractivity contribution in [1.29, 1.82) is 5.26 Å². The third-order valence-electron chi connectivity index (χ3n) is 5.78. The van der Waals surface area contributed by atoms with E-state index in [9.17, 15) is 24.8 Å². The molecule has 3 amide bonds. The van der Waals surface area contributed by atoms with Crippen molar-refractivity contribution < 1.29 is 28.3 Å². The molecule has 1 aromatic rings. The number of nitriles is 1. The second-order valence-corrected chi connectivity index (χ2v) is 9.39. The summed E-state index contributed by atoms with van der Waals surface area (Å²) in [6.45, 7) is 4.70. The minimum atomic E-state index is -4.34. The van der Waals surface area contributed by atoms with Crippen LogP contribution in [0.25, 0.3) is 0 Å². The minimum Gasteiger partial charge on any atom is -0.378 e. The second-order valence-electron chi connectivity index (χ2n) is 8.98. The topological polar surface area (TPSA) is 131 Å². The lowest BCUT2D eigenvalue weighted by Crippen LogP contribution is -2.59. The average molecular weight is 499 g/mol. The maximum atomic E-state index is 15.1. The van der Waals surface area contributed by atoms with Gasteiger partial charge < -0.3 is 21.1 Å². The van der Waals surface area contributed by atoms with Gasteiger partial charge in [-0.15, -0.1) is 0 Å². The van der Waals surface area contributed by atoms with Gasteiger partial charge in [0.2, 0.25) is 11.8 Å². The summed E-state index contributed by atoms with van der Waals surface area (Å²) in [7, 11) is 0. The fourth-order valence-corrected chi connectivity index (χ4v) is 4.09. The Labute approximate surface area is 202 Å². The molecule has 1 saturated heterocycles. The number of nitrogens with zero attached hydrogens (tertiary/aromatic N) is 1. The average Bonchev–Trinajstić information content (AvgIpc) is 3.16. The zero-order valence-electron chi connectivity index (χ0n) is 19.2. The molecule has 1 fully saturated rings. The highest BCUT2D eigenvalue weighted by atomic mass is 35.5. The van der Waals surface area contributed by atoms with Crippen LogP contribution in [0.4, 0.5) is 8.78 Å². The number of alkyl halides is 2. The first-order chi connectivity index (χ1) is 15.8. The highest BCUT2D eigenvalue weighted by molar-refractivity contribution is 6.31. The van der Waals surface area contributed by atoms with E-state index in [0.29, 0.717) is 13.0 Å². The number of rotatable bonds is 10. The number of hydrogen-bond acceptors (Lipinski definition) is 5. The number of carbonyl (C=O) groups excluding carboxylic acids is 3. The van der Waals surface area contributed by atoms with Crippen LogP contribution in [0, 0.1) is 23.2 Å². The molecule has 34 heavy (non-hydrogen) atoms. The van der Waals surface area contributed by atoms with E-state index in [0.717, 1.165) is 6.92 Å². The molecule has 1 aromatic carbocycles. The monoisotopic (exact) mass is 498 g/mol. The fourth-order valence-electron chi connectivity index (χ4n) is 3.77. The van der Waals surface area contributed by atoms with E-state index in [1.807, 2.05) is 11.4 Å². The summed E-state index contributed by atoms with van der Waals surface area (Å²) < 4.78 is 30.2. The van der Waals surface area contributed by atoms with Crippen LogP contribution in [0.2, 0.25) is 5.02 Å². The number of amides is 3. The third kappa shape index (κ3) is 6.21. The molecule has 4 atom stereocenters. The predicted molar refractivity (Wildman–Crippen MR) is 121 cm³/mol. The van der Waals surface area contributed by atoms with Crippen LogP contribution in [-0.4, -0.2) is 47.4 Å². The number of carbonyl (C=O) groups is 3. The van der Waals surface area contributed by atoms with Crippen LogP contribution >= 0.6 is 11.6 Å². The Balaban J connectivity index is 2.18. The van der Waals surface area contributed by atoms with Crippen molar-refractivity contribution in [3.8, 4) is 6.07 Å². The van der Waals surface area contributed by atoms with Crippen LogP contribution in [0.1, 0.15) is 45.6 Å². The molecule has 0 aromatic heterocycles. The van der Waals surface area contributed by atoms with Gasteiger partial charge in [0.1, 0.15) is 12.1 Å². The predicted octanol–water partition coefficient (Wildman–Crippen LogP) is 2.25. The molecule has 0 bridgehead atoms. The molecule has 4 N–H and O–H groups in total. The van der Waals surface area contributed by atoms with Gasteiger partial charge in [-0.25, -0.2) is 0 Å². The summed E-state index contributed by atoms with van der Waals surface area (Å²) in [5.41, 5.74) is -3.31. The fraction of sp³-hybridized carbons (Fsp3) is 0.565. The van der Waals surface area contributed by atoms with E-state index in [-0.39, 0.29) is 35.3 Å². The highest BCUT2D eigenvalue weighted by Gasteiger charge is 2.57. The third-order valence-corrected chi connectivity index (χ3v) is 6.11. The first kappa shape index (κ1) is 27.5. The Bertz CT molecular complexity index is 965. The van der Waals surface area contributed by atoms with Crippen molar-refractivity contribution in [2.24, 2.45) is 11.8 Å². The Hall–Kier alpha value is -2.77. The zero-order chi connectivity index (χ0) is 25.7. The van der Waals surface area contributed by atoms with E-state index < -0.39 is 41.3 Å². The molecule has 0 radical (unpaired) electrons.